The molecule has 0 saturated heterocycles. The standard InChI is InChI=1S/C15H27N3O3S/c1-6-12(17-14(19)21-15(3,4)5)13-10-16-11-18(13)8-9-22(20)7-2/h10-12H,6-9H2,1-5H3,(H,17,19)/t12-,22?/m1/s1. The van der Waals surface area contributed by atoms with Crippen molar-refractivity contribution in [3.8, 4) is 0 Å². The van der Waals surface area contributed by atoms with Crippen molar-refractivity contribution < 1.29 is 13.7 Å². The number of aromatic nitrogens is 2. The fourth-order valence-electron chi connectivity index (χ4n) is 1.99. The summed E-state index contributed by atoms with van der Waals surface area (Å²) >= 11 is 0. The summed E-state index contributed by atoms with van der Waals surface area (Å²) in [6, 6.07) is -0.174. The highest BCUT2D eigenvalue weighted by Gasteiger charge is 2.21. The average molecular weight is 329 g/mol. The van der Waals surface area contributed by atoms with Gasteiger partial charge in [0.05, 0.1) is 24.3 Å². The van der Waals surface area contributed by atoms with E-state index in [1.807, 2.05) is 39.2 Å². The zero-order valence-corrected chi connectivity index (χ0v) is 14.9. The second kappa shape index (κ2) is 8.31. The molecule has 0 spiro atoms. The molecule has 0 fully saturated rings. The molecule has 1 aromatic rings. The highest BCUT2D eigenvalue weighted by molar-refractivity contribution is 7.84. The van der Waals surface area contributed by atoms with Crippen molar-refractivity contribution in [3.63, 3.8) is 0 Å². The lowest BCUT2D eigenvalue weighted by Crippen LogP contribution is -2.35. The van der Waals surface area contributed by atoms with Crippen LogP contribution in [0.15, 0.2) is 12.5 Å². The van der Waals surface area contributed by atoms with Gasteiger partial charge in [-0.3, -0.25) is 4.21 Å². The van der Waals surface area contributed by atoms with E-state index in [0.29, 0.717) is 18.1 Å². The van der Waals surface area contributed by atoms with E-state index in [-0.39, 0.29) is 6.04 Å². The van der Waals surface area contributed by atoms with Crippen LogP contribution >= 0.6 is 0 Å². The van der Waals surface area contributed by atoms with Gasteiger partial charge in [0.1, 0.15) is 5.60 Å². The van der Waals surface area contributed by atoms with E-state index < -0.39 is 22.5 Å². The molecule has 0 saturated carbocycles. The smallest absolute Gasteiger partial charge is 0.408 e. The van der Waals surface area contributed by atoms with E-state index in [9.17, 15) is 9.00 Å². The highest BCUT2D eigenvalue weighted by Crippen LogP contribution is 2.17. The van der Waals surface area contributed by atoms with Crippen LogP contribution in [-0.2, 0) is 22.1 Å². The number of ether oxygens (including phenoxy) is 1. The van der Waals surface area contributed by atoms with Gasteiger partial charge >= 0.3 is 6.09 Å². The molecule has 6 nitrogen and oxygen atoms in total. The first-order valence-electron chi connectivity index (χ1n) is 7.61. The molecule has 0 radical (unpaired) electrons. The number of hydrogen-bond acceptors (Lipinski definition) is 4. The third kappa shape index (κ3) is 6.17. The fourth-order valence-corrected chi connectivity index (χ4v) is 2.68. The number of nitrogens with zero attached hydrogens (tertiary/aromatic N) is 2. The predicted molar refractivity (Wildman–Crippen MR) is 88.2 cm³/mol. The Balaban J connectivity index is 2.73. The van der Waals surface area contributed by atoms with Crippen LogP contribution in [0.5, 0.6) is 0 Å². The minimum atomic E-state index is -0.820. The zero-order chi connectivity index (χ0) is 16.8. The number of rotatable bonds is 7. The third-order valence-corrected chi connectivity index (χ3v) is 4.36. The van der Waals surface area contributed by atoms with Crippen LogP contribution in [0.2, 0.25) is 0 Å². The maximum atomic E-state index is 11.9. The quantitative estimate of drug-likeness (QED) is 0.834. The molecule has 0 aliphatic heterocycles. The van der Waals surface area contributed by atoms with Crippen LogP contribution < -0.4 is 5.32 Å². The number of imidazole rings is 1. The van der Waals surface area contributed by atoms with E-state index in [2.05, 4.69) is 10.3 Å². The SMILES string of the molecule is CC[C@@H](NC(=O)OC(C)(C)C)c1cncn1CCS(=O)CC. The minimum absolute atomic E-state index is 0.174. The molecule has 1 aromatic heterocycles. The summed E-state index contributed by atoms with van der Waals surface area (Å²) in [5.41, 5.74) is 0.377. The molecule has 0 bridgehead atoms. The molecule has 1 amide bonds. The van der Waals surface area contributed by atoms with Crippen molar-refractivity contribution in [3.05, 3.63) is 18.2 Å². The third-order valence-electron chi connectivity index (χ3n) is 3.08. The van der Waals surface area contributed by atoms with E-state index in [1.54, 1.807) is 12.5 Å². The van der Waals surface area contributed by atoms with Crippen molar-refractivity contribution >= 4 is 16.9 Å². The van der Waals surface area contributed by atoms with E-state index in [4.69, 9.17) is 4.74 Å². The molecule has 1 N–H and O–H groups in total. The number of alkyl carbamates (subject to hydrolysis) is 1. The number of carbonyl (C=O) groups is 1. The Labute approximate surface area is 135 Å². The van der Waals surface area contributed by atoms with Crippen LogP contribution in [0.25, 0.3) is 0 Å². The van der Waals surface area contributed by atoms with Crippen molar-refractivity contribution in [2.45, 2.75) is 59.2 Å². The van der Waals surface area contributed by atoms with Crippen LogP contribution in [0.3, 0.4) is 0 Å². The summed E-state index contributed by atoms with van der Waals surface area (Å²) in [4.78, 5) is 16.1. The molecule has 2 atom stereocenters. The van der Waals surface area contributed by atoms with E-state index in [1.165, 1.54) is 0 Å². The number of carbonyl (C=O) groups excluding carboxylic acids is 1. The van der Waals surface area contributed by atoms with Crippen LogP contribution in [-0.4, -0.2) is 37.0 Å². The van der Waals surface area contributed by atoms with Gasteiger partial charge in [0, 0.05) is 28.9 Å². The zero-order valence-electron chi connectivity index (χ0n) is 14.1. The first kappa shape index (κ1) is 18.7. The Bertz CT molecular complexity index is 508. The molecule has 0 aromatic carbocycles. The average Bonchev–Trinajstić information content (AvgIpc) is 2.88. The van der Waals surface area contributed by atoms with Crippen molar-refractivity contribution in [1.82, 2.24) is 14.9 Å². The lowest BCUT2D eigenvalue weighted by atomic mass is 10.1. The van der Waals surface area contributed by atoms with Gasteiger partial charge in [-0.05, 0) is 27.2 Å². The summed E-state index contributed by atoms with van der Waals surface area (Å²) in [5, 5.41) is 2.87. The van der Waals surface area contributed by atoms with Gasteiger partial charge in [0.2, 0.25) is 0 Å². The van der Waals surface area contributed by atoms with Gasteiger partial charge in [0.15, 0.2) is 0 Å². The molecule has 126 valence electrons. The van der Waals surface area contributed by atoms with Crippen molar-refractivity contribution in [1.29, 1.82) is 0 Å². The largest absolute Gasteiger partial charge is 0.444 e. The minimum Gasteiger partial charge on any atom is -0.444 e. The number of nitrogens with one attached hydrogen (secondary N) is 1. The second-order valence-corrected chi connectivity index (χ2v) is 7.92. The summed E-state index contributed by atoms with van der Waals surface area (Å²) in [6.07, 6.45) is 3.73. The second-order valence-electron chi connectivity index (χ2n) is 6.05. The van der Waals surface area contributed by atoms with E-state index in [0.717, 1.165) is 12.1 Å². The lowest BCUT2D eigenvalue weighted by molar-refractivity contribution is 0.0500. The number of aryl methyl sites for hydroxylation is 1. The monoisotopic (exact) mass is 329 g/mol. The maximum absolute atomic E-state index is 11.9. The Morgan fingerprint density at radius 1 is 1.45 bits per heavy atom. The fraction of sp³-hybridized carbons (Fsp3) is 0.733. The Kier molecular flexibility index (Phi) is 7.06. The van der Waals surface area contributed by atoms with Crippen LogP contribution in [0.1, 0.15) is 52.8 Å². The molecule has 0 aliphatic rings. The highest BCUT2D eigenvalue weighted by atomic mass is 32.2. The summed E-state index contributed by atoms with van der Waals surface area (Å²) in [6.45, 7) is 10.0. The van der Waals surface area contributed by atoms with Gasteiger partial charge < -0.3 is 14.6 Å². The molecule has 1 rings (SSSR count). The molecular formula is C15H27N3O3S. The van der Waals surface area contributed by atoms with Gasteiger partial charge in [-0.25, -0.2) is 9.78 Å². The first-order chi connectivity index (χ1) is 10.3. The first-order valence-corrected chi connectivity index (χ1v) is 9.10. The summed E-state index contributed by atoms with van der Waals surface area (Å²) < 4.78 is 18.8. The van der Waals surface area contributed by atoms with Gasteiger partial charge in [-0.15, -0.1) is 0 Å². The molecule has 0 aliphatic carbocycles. The number of amides is 1. The molecule has 22 heavy (non-hydrogen) atoms. The topological polar surface area (TPSA) is 73.2 Å². The Morgan fingerprint density at radius 3 is 2.68 bits per heavy atom. The van der Waals surface area contributed by atoms with Crippen molar-refractivity contribution in [2.24, 2.45) is 0 Å². The molecule has 1 unspecified atom stereocenters. The predicted octanol–water partition coefficient (Wildman–Crippen LogP) is 2.63. The van der Waals surface area contributed by atoms with Crippen LogP contribution in [0.4, 0.5) is 4.79 Å². The van der Waals surface area contributed by atoms with Gasteiger partial charge in [-0.2, -0.15) is 0 Å². The van der Waals surface area contributed by atoms with Gasteiger partial charge in [0.25, 0.3) is 0 Å². The summed E-state index contributed by atoms with van der Waals surface area (Å²) in [7, 11) is -0.820. The van der Waals surface area contributed by atoms with Gasteiger partial charge in [-0.1, -0.05) is 13.8 Å². The van der Waals surface area contributed by atoms with Crippen molar-refractivity contribution in [2.75, 3.05) is 11.5 Å². The van der Waals surface area contributed by atoms with Crippen LogP contribution in [0, 0.1) is 0 Å². The van der Waals surface area contributed by atoms with E-state index >= 15 is 0 Å². The lowest BCUT2D eigenvalue weighted by Gasteiger charge is -2.23. The molecular weight excluding hydrogens is 302 g/mol. The normalized spacial score (nSPS) is 14.4. The molecule has 7 heteroatoms. The number of hydrogen-bond donors (Lipinski definition) is 1. The molecule has 1 heterocycles. The summed E-state index contributed by atoms with van der Waals surface area (Å²) in [5.74, 6) is 1.24. The Morgan fingerprint density at radius 2 is 2.14 bits per heavy atom. The maximum Gasteiger partial charge on any atom is 0.408 e. The Hall–Kier alpha value is -1.37.